The highest BCUT2D eigenvalue weighted by molar-refractivity contribution is 7.98. The fourth-order valence-corrected chi connectivity index (χ4v) is 3.19. The van der Waals surface area contributed by atoms with Crippen LogP contribution in [-0.2, 0) is 5.75 Å². The van der Waals surface area contributed by atoms with E-state index >= 15 is 0 Å². The van der Waals surface area contributed by atoms with Gasteiger partial charge in [-0.1, -0.05) is 0 Å². The SMILES string of the molecule is NNC(=O)c1ccc(CSc2ccc(F)cc2)s1. The fourth-order valence-electron chi connectivity index (χ4n) is 1.33. The van der Waals surface area contributed by atoms with E-state index in [0.717, 1.165) is 15.5 Å². The fraction of sp³-hybridized carbons (Fsp3) is 0.0833. The Balaban J connectivity index is 1.96. The number of thiophene rings is 1. The molecule has 0 unspecified atom stereocenters. The summed E-state index contributed by atoms with van der Waals surface area (Å²) < 4.78 is 12.7. The smallest absolute Gasteiger partial charge is 0.275 e. The first-order valence-corrected chi connectivity index (χ1v) is 6.97. The summed E-state index contributed by atoms with van der Waals surface area (Å²) in [5.74, 6) is 5.28. The number of carbonyl (C=O) groups excluding carboxylic acids is 1. The van der Waals surface area contributed by atoms with Crippen LogP contribution in [0.3, 0.4) is 0 Å². The van der Waals surface area contributed by atoms with E-state index in [1.54, 1.807) is 30.0 Å². The molecule has 0 atom stereocenters. The summed E-state index contributed by atoms with van der Waals surface area (Å²) in [6.45, 7) is 0. The van der Waals surface area contributed by atoms with Crippen molar-refractivity contribution in [2.24, 2.45) is 5.84 Å². The van der Waals surface area contributed by atoms with Gasteiger partial charge in [-0.25, -0.2) is 10.2 Å². The van der Waals surface area contributed by atoms with Gasteiger partial charge < -0.3 is 0 Å². The molecule has 1 heterocycles. The second-order valence-corrected chi connectivity index (χ2v) is 5.70. The van der Waals surface area contributed by atoms with Gasteiger partial charge in [0.1, 0.15) is 5.82 Å². The van der Waals surface area contributed by atoms with Crippen LogP contribution >= 0.6 is 23.1 Å². The Morgan fingerprint density at radius 3 is 2.67 bits per heavy atom. The lowest BCUT2D eigenvalue weighted by Crippen LogP contribution is -2.29. The average Bonchev–Trinajstić information content (AvgIpc) is 2.86. The van der Waals surface area contributed by atoms with Crippen molar-refractivity contribution in [2.75, 3.05) is 0 Å². The van der Waals surface area contributed by atoms with Crippen molar-refractivity contribution >= 4 is 29.0 Å². The summed E-state index contributed by atoms with van der Waals surface area (Å²) in [4.78, 5) is 13.9. The van der Waals surface area contributed by atoms with Crippen LogP contribution < -0.4 is 11.3 Å². The predicted octanol–water partition coefficient (Wildman–Crippen LogP) is 2.78. The highest BCUT2D eigenvalue weighted by atomic mass is 32.2. The summed E-state index contributed by atoms with van der Waals surface area (Å²) >= 11 is 3.00. The number of rotatable bonds is 4. The monoisotopic (exact) mass is 282 g/mol. The van der Waals surface area contributed by atoms with Gasteiger partial charge in [-0.2, -0.15) is 0 Å². The Labute approximate surface area is 112 Å². The van der Waals surface area contributed by atoms with E-state index in [-0.39, 0.29) is 11.7 Å². The van der Waals surface area contributed by atoms with Crippen molar-refractivity contribution in [3.63, 3.8) is 0 Å². The number of nitrogens with one attached hydrogen (secondary N) is 1. The van der Waals surface area contributed by atoms with Gasteiger partial charge in [0, 0.05) is 15.5 Å². The van der Waals surface area contributed by atoms with E-state index in [2.05, 4.69) is 5.43 Å². The van der Waals surface area contributed by atoms with Gasteiger partial charge in [-0.15, -0.1) is 23.1 Å². The highest BCUT2D eigenvalue weighted by Crippen LogP contribution is 2.26. The molecule has 94 valence electrons. The maximum atomic E-state index is 12.7. The van der Waals surface area contributed by atoms with E-state index in [9.17, 15) is 9.18 Å². The second kappa shape index (κ2) is 5.99. The number of hydrogen-bond donors (Lipinski definition) is 2. The molecule has 0 aliphatic heterocycles. The van der Waals surface area contributed by atoms with Crippen molar-refractivity contribution < 1.29 is 9.18 Å². The number of halogens is 1. The Morgan fingerprint density at radius 1 is 1.28 bits per heavy atom. The van der Waals surface area contributed by atoms with Crippen molar-refractivity contribution in [1.29, 1.82) is 0 Å². The largest absolute Gasteiger partial charge is 0.289 e. The quantitative estimate of drug-likeness (QED) is 0.392. The van der Waals surface area contributed by atoms with E-state index < -0.39 is 0 Å². The van der Waals surface area contributed by atoms with Gasteiger partial charge in [-0.3, -0.25) is 10.2 Å². The van der Waals surface area contributed by atoms with Gasteiger partial charge in [0.05, 0.1) is 4.88 Å². The van der Waals surface area contributed by atoms with E-state index in [1.807, 2.05) is 6.07 Å². The average molecular weight is 282 g/mol. The first-order chi connectivity index (χ1) is 8.69. The molecule has 0 aliphatic carbocycles. The molecular weight excluding hydrogens is 271 g/mol. The number of amides is 1. The van der Waals surface area contributed by atoms with Crippen LogP contribution in [0.2, 0.25) is 0 Å². The molecule has 2 rings (SSSR count). The standard InChI is InChI=1S/C12H11FN2OS2/c13-8-1-3-9(4-2-8)17-7-10-5-6-11(18-10)12(16)15-14/h1-6H,7,14H2,(H,15,16). The normalized spacial score (nSPS) is 10.3. The lowest BCUT2D eigenvalue weighted by molar-refractivity contribution is 0.0957. The first kappa shape index (κ1) is 13.1. The molecule has 1 amide bonds. The van der Waals surface area contributed by atoms with Crippen LogP contribution in [0.1, 0.15) is 14.5 Å². The van der Waals surface area contributed by atoms with Crippen LogP contribution in [0.25, 0.3) is 0 Å². The van der Waals surface area contributed by atoms with Gasteiger partial charge in [0.2, 0.25) is 0 Å². The molecule has 0 saturated heterocycles. The Kier molecular flexibility index (Phi) is 4.35. The maximum absolute atomic E-state index is 12.7. The van der Waals surface area contributed by atoms with E-state index in [1.165, 1.54) is 23.5 Å². The topological polar surface area (TPSA) is 55.1 Å². The zero-order valence-corrected chi connectivity index (χ0v) is 11.0. The number of hydrogen-bond acceptors (Lipinski definition) is 4. The van der Waals surface area contributed by atoms with Crippen molar-refractivity contribution in [3.05, 3.63) is 52.0 Å². The van der Waals surface area contributed by atoms with Gasteiger partial charge in [0.25, 0.3) is 5.91 Å². The van der Waals surface area contributed by atoms with E-state index in [0.29, 0.717) is 4.88 Å². The number of thioether (sulfide) groups is 1. The first-order valence-electron chi connectivity index (χ1n) is 5.17. The summed E-state index contributed by atoms with van der Waals surface area (Å²) in [6, 6.07) is 9.98. The van der Waals surface area contributed by atoms with Crippen LogP contribution in [0, 0.1) is 5.82 Å². The number of nitrogen functional groups attached to an aromatic ring is 1. The van der Waals surface area contributed by atoms with Gasteiger partial charge in [-0.05, 0) is 36.4 Å². The molecule has 0 fully saturated rings. The Bertz CT molecular complexity index is 539. The van der Waals surface area contributed by atoms with Crippen LogP contribution in [0.4, 0.5) is 4.39 Å². The minimum Gasteiger partial charge on any atom is -0.289 e. The van der Waals surface area contributed by atoms with E-state index in [4.69, 9.17) is 5.84 Å². The van der Waals surface area contributed by atoms with Gasteiger partial charge in [0.15, 0.2) is 0 Å². The molecule has 0 spiro atoms. The molecule has 1 aromatic heterocycles. The molecule has 3 nitrogen and oxygen atoms in total. The van der Waals surface area contributed by atoms with Crippen LogP contribution in [0.15, 0.2) is 41.3 Å². The lowest BCUT2D eigenvalue weighted by atomic mass is 10.4. The third-order valence-electron chi connectivity index (χ3n) is 2.21. The molecule has 2 aromatic rings. The molecule has 0 aliphatic rings. The maximum Gasteiger partial charge on any atom is 0.275 e. The third-order valence-corrected chi connectivity index (χ3v) is 4.54. The second-order valence-electron chi connectivity index (χ2n) is 3.48. The lowest BCUT2D eigenvalue weighted by Gasteiger charge is -1.99. The molecule has 3 N–H and O–H groups in total. The number of carbonyl (C=O) groups is 1. The summed E-state index contributed by atoms with van der Waals surface area (Å²) in [5, 5.41) is 0. The molecule has 0 bridgehead atoms. The molecule has 1 aromatic carbocycles. The third kappa shape index (κ3) is 3.32. The molecule has 0 saturated carbocycles. The van der Waals surface area contributed by atoms with Gasteiger partial charge >= 0.3 is 0 Å². The van der Waals surface area contributed by atoms with Crippen LogP contribution in [0.5, 0.6) is 0 Å². The zero-order chi connectivity index (χ0) is 13.0. The minimum atomic E-state index is -0.280. The Hall–Kier alpha value is -1.37. The van der Waals surface area contributed by atoms with Crippen molar-refractivity contribution in [1.82, 2.24) is 5.43 Å². The molecule has 6 heteroatoms. The highest BCUT2D eigenvalue weighted by Gasteiger charge is 2.07. The number of hydrazine groups is 1. The van der Waals surface area contributed by atoms with Crippen molar-refractivity contribution in [3.8, 4) is 0 Å². The Morgan fingerprint density at radius 2 is 2.00 bits per heavy atom. The minimum absolute atomic E-state index is 0.239. The van der Waals surface area contributed by atoms with Crippen molar-refractivity contribution in [2.45, 2.75) is 10.6 Å². The molecule has 18 heavy (non-hydrogen) atoms. The molecular formula is C12H11FN2OS2. The van der Waals surface area contributed by atoms with Crippen LogP contribution in [-0.4, -0.2) is 5.91 Å². The number of nitrogens with two attached hydrogens (primary N) is 1. The zero-order valence-electron chi connectivity index (χ0n) is 9.35. The molecule has 0 radical (unpaired) electrons. The summed E-state index contributed by atoms with van der Waals surface area (Å²) in [5.41, 5.74) is 2.10. The summed E-state index contributed by atoms with van der Waals surface area (Å²) in [6.07, 6.45) is 0. The number of benzene rings is 1. The summed E-state index contributed by atoms with van der Waals surface area (Å²) in [7, 11) is 0. The predicted molar refractivity (Wildman–Crippen MR) is 71.9 cm³/mol.